The van der Waals surface area contributed by atoms with E-state index in [1.165, 1.54) is 7.11 Å². The first-order chi connectivity index (χ1) is 7.11. The molecule has 0 spiro atoms. The van der Waals surface area contributed by atoms with Crippen molar-refractivity contribution in [2.75, 3.05) is 7.11 Å². The van der Waals surface area contributed by atoms with Gasteiger partial charge in [0.2, 0.25) is 5.89 Å². The molecule has 0 aliphatic heterocycles. The second-order valence-electron chi connectivity index (χ2n) is 3.43. The maximum absolute atomic E-state index is 10.9. The first-order valence-corrected chi connectivity index (χ1v) is 4.83. The average Bonchev–Trinajstić information content (AvgIpc) is 2.61. The molecule has 0 saturated heterocycles. The highest BCUT2D eigenvalue weighted by molar-refractivity contribution is 5.69. The van der Waals surface area contributed by atoms with Crippen molar-refractivity contribution in [1.82, 2.24) is 10.3 Å². The van der Waals surface area contributed by atoms with Gasteiger partial charge in [-0.1, -0.05) is 0 Å². The second kappa shape index (κ2) is 5.50. The van der Waals surface area contributed by atoms with Gasteiger partial charge in [0.25, 0.3) is 0 Å². The Morgan fingerprint density at radius 2 is 2.47 bits per heavy atom. The van der Waals surface area contributed by atoms with Crippen molar-refractivity contribution in [2.45, 2.75) is 32.9 Å². The molecule has 0 saturated carbocycles. The Balaban J connectivity index is 2.28. The van der Waals surface area contributed by atoms with Crippen molar-refractivity contribution < 1.29 is 13.9 Å². The van der Waals surface area contributed by atoms with Crippen LogP contribution in [0, 0.1) is 6.92 Å². The molecule has 15 heavy (non-hydrogen) atoms. The molecule has 0 aromatic carbocycles. The molecule has 0 aliphatic carbocycles. The van der Waals surface area contributed by atoms with E-state index in [0.29, 0.717) is 18.9 Å². The molecule has 1 rings (SSSR count). The first-order valence-electron chi connectivity index (χ1n) is 4.83. The molecular formula is C10H16N2O3. The largest absolute Gasteiger partial charge is 0.469 e. The van der Waals surface area contributed by atoms with Gasteiger partial charge in [0, 0.05) is 6.04 Å². The number of esters is 1. The van der Waals surface area contributed by atoms with Crippen molar-refractivity contribution in [3.63, 3.8) is 0 Å². The summed E-state index contributed by atoms with van der Waals surface area (Å²) in [5.41, 5.74) is 0. The lowest BCUT2D eigenvalue weighted by molar-refractivity contribution is -0.141. The number of ether oxygens (including phenoxy) is 1. The molecule has 1 heterocycles. The van der Waals surface area contributed by atoms with Gasteiger partial charge in [-0.05, 0) is 13.8 Å². The standard InChI is InChI=1S/C10H16N2O3/c1-7(4-10(13)14-3)11-6-9-12-5-8(2)15-9/h5,7,11H,4,6H2,1-3H3. The fourth-order valence-corrected chi connectivity index (χ4v) is 1.15. The number of rotatable bonds is 5. The Labute approximate surface area is 88.8 Å². The van der Waals surface area contributed by atoms with Gasteiger partial charge in [-0.15, -0.1) is 0 Å². The van der Waals surface area contributed by atoms with Crippen LogP contribution in [0.3, 0.4) is 0 Å². The molecule has 5 heteroatoms. The fourth-order valence-electron chi connectivity index (χ4n) is 1.15. The minimum Gasteiger partial charge on any atom is -0.469 e. The molecule has 84 valence electrons. The number of aryl methyl sites for hydroxylation is 1. The number of carbonyl (C=O) groups is 1. The summed E-state index contributed by atoms with van der Waals surface area (Å²) >= 11 is 0. The van der Waals surface area contributed by atoms with Crippen LogP contribution in [-0.2, 0) is 16.1 Å². The van der Waals surface area contributed by atoms with Crippen LogP contribution in [-0.4, -0.2) is 24.1 Å². The van der Waals surface area contributed by atoms with Gasteiger partial charge in [-0.2, -0.15) is 0 Å². The summed E-state index contributed by atoms with van der Waals surface area (Å²) < 4.78 is 9.83. The van der Waals surface area contributed by atoms with E-state index < -0.39 is 0 Å². The van der Waals surface area contributed by atoms with E-state index >= 15 is 0 Å². The van der Waals surface area contributed by atoms with Crippen molar-refractivity contribution >= 4 is 5.97 Å². The summed E-state index contributed by atoms with van der Waals surface area (Å²) in [5, 5.41) is 3.12. The highest BCUT2D eigenvalue weighted by atomic mass is 16.5. The number of nitrogens with one attached hydrogen (secondary N) is 1. The van der Waals surface area contributed by atoms with E-state index in [-0.39, 0.29) is 12.0 Å². The quantitative estimate of drug-likeness (QED) is 0.738. The van der Waals surface area contributed by atoms with E-state index in [1.54, 1.807) is 6.20 Å². The van der Waals surface area contributed by atoms with Crippen molar-refractivity contribution in [1.29, 1.82) is 0 Å². The van der Waals surface area contributed by atoms with E-state index in [1.807, 2.05) is 13.8 Å². The third kappa shape index (κ3) is 4.12. The summed E-state index contributed by atoms with van der Waals surface area (Å²) in [6.07, 6.45) is 2.01. The monoisotopic (exact) mass is 212 g/mol. The highest BCUT2D eigenvalue weighted by Gasteiger charge is 2.09. The molecule has 0 amide bonds. The number of methoxy groups -OCH3 is 1. The fraction of sp³-hybridized carbons (Fsp3) is 0.600. The Hall–Kier alpha value is -1.36. The smallest absolute Gasteiger partial charge is 0.307 e. The van der Waals surface area contributed by atoms with Gasteiger partial charge in [0.05, 0.1) is 26.3 Å². The minimum atomic E-state index is -0.224. The summed E-state index contributed by atoms with van der Waals surface area (Å²) in [4.78, 5) is 15.0. The van der Waals surface area contributed by atoms with Crippen LogP contribution in [0.2, 0.25) is 0 Å². The molecule has 0 radical (unpaired) electrons. The highest BCUT2D eigenvalue weighted by Crippen LogP contribution is 2.02. The second-order valence-corrected chi connectivity index (χ2v) is 3.43. The van der Waals surface area contributed by atoms with E-state index in [9.17, 15) is 4.79 Å². The molecule has 0 aliphatic rings. The molecule has 0 bridgehead atoms. The third-order valence-electron chi connectivity index (χ3n) is 1.97. The number of oxazole rings is 1. The van der Waals surface area contributed by atoms with Gasteiger partial charge in [-0.25, -0.2) is 4.98 Å². The van der Waals surface area contributed by atoms with E-state index in [0.717, 1.165) is 5.76 Å². The SMILES string of the molecule is COC(=O)CC(C)NCc1ncc(C)o1. The van der Waals surface area contributed by atoms with Gasteiger partial charge >= 0.3 is 5.97 Å². The number of carbonyl (C=O) groups excluding carboxylic acids is 1. The lowest BCUT2D eigenvalue weighted by Crippen LogP contribution is -2.28. The topological polar surface area (TPSA) is 64.4 Å². The lowest BCUT2D eigenvalue weighted by Gasteiger charge is -2.10. The first kappa shape index (κ1) is 11.7. The van der Waals surface area contributed by atoms with Crippen LogP contribution in [0.5, 0.6) is 0 Å². The third-order valence-corrected chi connectivity index (χ3v) is 1.97. The molecule has 1 N–H and O–H groups in total. The van der Waals surface area contributed by atoms with Crippen LogP contribution in [0.4, 0.5) is 0 Å². The number of hydrogen-bond acceptors (Lipinski definition) is 5. The normalized spacial score (nSPS) is 12.5. The average molecular weight is 212 g/mol. The predicted molar refractivity (Wildman–Crippen MR) is 54.2 cm³/mol. The Kier molecular flexibility index (Phi) is 4.30. The van der Waals surface area contributed by atoms with Crippen LogP contribution >= 0.6 is 0 Å². The molecule has 1 aromatic rings. The Morgan fingerprint density at radius 3 is 3.00 bits per heavy atom. The van der Waals surface area contributed by atoms with E-state index in [4.69, 9.17) is 4.42 Å². The Morgan fingerprint density at radius 1 is 1.73 bits per heavy atom. The van der Waals surface area contributed by atoms with Crippen LogP contribution < -0.4 is 5.32 Å². The number of nitrogens with zero attached hydrogens (tertiary/aromatic N) is 1. The molecule has 1 atom stereocenters. The molecule has 5 nitrogen and oxygen atoms in total. The summed E-state index contributed by atoms with van der Waals surface area (Å²) in [6, 6.07) is 0.0460. The zero-order valence-electron chi connectivity index (χ0n) is 9.24. The Bertz CT molecular complexity index is 322. The van der Waals surface area contributed by atoms with Gasteiger partial charge in [0.1, 0.15) is 5.76 Å². The minimum absolute atomic E-state index is 0.0460. The van der Waals surface area contributed by atoms with E-state index in [2.05, 4.69) is 15.0 Å². The molecule has 1 unspecified atom stereocenters. The summed E-state index contributed by atoms with van der Waals surface area (Å²) in [5.74, 6) is 1.19. The molecule has 0 fully saturated rings. The van der Waals surface area contributed by atoms with Crippen molar-refractivity contribution in [3.05, 3.63) is 17.8 Å². The zero-order valence-corrected chi connectivity index (χ0v) is 9.24. The van der Waals surface area contributed by atoms with Crippen molar-refractivity contribution in [3.8, 4) is 0 Å². The molecule has 1 aromatic heterocycles. The number of aromatic nitrogens is 1. The van der Waals surface area contributed by atoms with Crippen LogP contribution in [0.1, 0.15) is 25.0 Å². The van der Waals surface area contributed by atoms with Gasteiger partial charge < -0.3 is 14.5 Å². The van der Waals surface area contributed by atoms with Gasteiger partial charge in [0.15, 0.2) is 0 Å². The maximum Gasteiger partial charge on any atom is 0.307 e. The van der Waals surface area contributed by atoms with Crippen molar-refractivity contribution in [2.24, 2.45) is 0 Å². The number of hydrogen-bond donors (Lipinski definition) is 1. The maximum atomic E-state index is 10.9. The molecular weight excluding hydrogens is 196 g/mol. The predicted octanol–water partition coefficient (Wildman–Crippen LogP) is 1.02. The summed E-state index contributed by atoms with van der Waals surface area (Å²) in [6.45, 7) is 4.27. The zero-order chi connectivity index (χ0) is 11.3. The van der Waals surface area contributed by atoms with Gasteiger partial charge in [-0.3, -0.25) is 4.79 Å². The summed E-state index contributed by atoms with van der Waals surface area (Å²) in [7, 11) is 1.38. The van der Waals surface area contributed by atoms with Crippen LogP contribution in [0.25, 0.3) is 0 Å². The lowest BCUT2D eigenvalue weighted by atomic mass is 10.2. The van der Waals surface area contributed by atoms with Crippen LogP contribution in [0.15, 0.2) is 10.6 Å².